The van der Waals surface area contributed by atoms with Gasteiger partial charge >= 0.3 is 0 Å². The summed E-state index contributed by atoms with van der Waals surface area (Å²) in [4.78, 5) is 0. The molecule has 0 bridgehead atoms. The van der Waals surface area contributed by atoms with Crippen molar-refractivity contribution in [2.45, 2.75) is 25.1 Å². The summed E-state index contributed by atoms with van der Waals surface area (Å²) in [6.07, 6.45) is 0.489. The van der Waals surface area contributed by atoms with Gasteiger partial charge in [0.05, 0.1) is 11.5 Å². The summed E-state index contributed by atoms with van der Waals surface area (Å²) in [6.45, 7) is 1.80. The molecule has 16 heavy (non-hydrogen) atoms. The Kier molecular flexibility index (Phi) is 4.77. The molecule has 0 amide bonds. The van der Waals surface area contributed by atoms with Crippen molar-refractivity contribution < 1.29 is 8.42 Å². The Labute approximate surface area is 102 Å². The van der Waals surface area contributed by atoms with Crippen LogP contribution in [0.4, 0.5) is 0 Å². The third-order valence-electron chi connectivity index (χ3n) is 2.16. The number of hydrogen-bond donors (Lipinski definition) is 1. The van der Waals surface area contributed by atoms with E-state index in [1.807, 2.05) is 0 Å². The predicted molar refractivity (Wildman–Crippen MR) is 67.2 cm³/mol. The van der Waals surface area contributed by atoms with Crippen LogP contribution in [0.1, 0.15) is 18.9 Å². The van der Waals surface area contributed by atoms with E-state index >= 15 is 0 Å². The zero-order valence-corrected chi connectivity index (χ0v) is 10.8. The molecule has 0 saturated heterocycles. The van der Waals surface area contributed by atoms with E-state index in [4.69, 9.17) is 17.3 Å². The van der Waals surface area contributed by atoms with Crippen LogP contribution in [0.2, 0.25) is 5.02 Å². The maximum absolute atomic E-state index is 11.7. The van der Waals surface area contributed by atoms with Gasteiger partial charge in [0.2, 0.25) is 0 Å². The summed E-state index contributed by atoms with van der Waals surface area (Å²) in [6, 6.07) is 6.81. The molecule has 0 aliphatic carbocycles. The molecule has 1 atom stereocenters. The highest BCUT2D eigenvalue weighted by Gasteiger charge is 2.12. The molecular formula is C11H16ClNO2S. The normalized spacial score (nSPS) is 13.7. The lowest BCUT2D eigenvalue weighted by Crippen LogP contribution is -2.20. The molecule has 1 aromatic carbocycles. The van der Waals surface area contributed by atoms with Crippen molar-refractivity contribution in [1.82, 2.24) is 0 Å². The standard InChI is InChI=1S/C11H16ClNO2S/c1-9(13)5-6-16(14,15)8-10-3-2-4-11(12)7-10/h2-4,7,9H,5-6,8,13H2,1H3. The lowest BCUT2D eigenvalue weighted by molar-refractivity contribution is 0.586. The molecule has 0 aliphatic heterocycles. The number of rotatable bonds is 5. The maximum atomic E-state index is 11.7. The molecule has 90 valence electrons. The fraction of sp³-hybridized carbons (Fsp3) is 0.455. The average Bonchev–Trinajstić information content (AvgIpc) is 2.14. The van der Waals surface area contributed by atoms with Gasteiger partial charge in [-0.15, -0.1) is 0 Å². The van der Waals surface area contributed by atoms with E-state index in [1.54, 1.807) is 31.2 Å². The topological polar surface area (TPSA) is 60.2 Å². The van der Waals surface area contributed by atoms with Gasteiger partial charge in [-0.25, -0.2) is 8.42 Å². The Balaban J connectivity index is 2.66. The van der Waals surface area contributed by atoms with E-state index in [-0.39, 0.29) is 17.5 Å². The van der Waals surface area contributed by atoms with Gasteiger partial charge in [-0.05, 0) is 31.0 Å². The third-order valence-corrected chi connectivity index (χ3v) is 4.03. The summed E-state index contributed by atoms with van der Waals surface area (Å²) in [7, 11) is -3.09. The third kappa shape index (κ3) is 4.96. The molecular weight excluding hydrogens is 246 g/mol. The van der Waals surface area contributed by atoms with Crippen LogP contribution < -0.4 is 5.73 Å². The van der Waals surface area contributed by atoms with Crippen molar-refractivity contribution in [3.8, 4) is 0 Å². The lowest BCUT2D eigenvalue weighted by atomic mass is 10.2. The molecule has 0 saturated carbocycles. The zero-order valence-electron chi connectivity index (χ0n) is 9.19. The largest absolute Gasteiger partial charge is 0.328 e. The molecule has 3 nitrogen and oxygen atoms in total. The molecule has 0 fully saturated rings. The second-order valence-electron chi connectivity index (χ2n) is 3.99. The second kappa shape index (κ2) is 5.66. The molecule has 0 heterocycles. The molecule has 0 aliphatic rings. The minimum atomic E-state index is -3.09. The first kappa shape index (κ1) is 13.5. The van der Waals surface area contributed by atoms with E-state index < -0.39 is 9.84 Å². The first-order valence-electron chi connectivity index (χ1n) is 5.09. The Morgan fingerprint density at radius 3 is 2.69 bits per heavy atom. The van der Waals surface area contributed by atoms with Crippen LogP contribution in [0.3, 0.4) is 0 Å². The van der Waals surface area contributed by atoms with Crippen LogP contribution >= 0.6 is 11.6 Å². The Hall–Kier alpha value is -0.580. The van der Waals surface area contributed by atoms with E-state index in [2.05, 4.69) is 0 Å². The molecule has 0 radical (unpaired) electrons. The van der Waals surface area contributed by atoms with Crippen LogP contribution in [0.5, 0.6) is 0 Å². The quantitative estimate of drug-likeness (QED) is 0.882. The summed E-state index contributed by atoms with van der Waals surface area (Å²) in [5.41, 5.74) is 6.25. The van der Waals surface area contributed by atoms with Crippen molar-refractivity contribution in [2.24, 2.45) is 5.73 Å². The summed E-state index contributed by atoms with van der Waals surface area (Å²) in [5, 5.41) is 0.555. The van der Waals surface area contributed by atoms with Crippen molar-refractivity contribution >= 4 is 21.4 Å². The minimum Gasteiger partial charge on any atom is -0.328 e. The van der Waals surface area contributed by atoms with Gasteiger partial charge < -0.3 is 5.73 Å². The van der Waals surface area contributed by atoms with Crippen molar-refractivity contribution in [3.63, 3.8) is 0 Å². The highest BCUT2D eigenvalue weighted by molar-refractivity contribution is 7.90. The van der Waals surface area contributed by atoms with Crippen LogP contribution in [0.15, 0.2) is 24.3 Å². The van der Waals surface area contributed by atoms with Crippen LogP contribution in [0, 0.1) is 0 Å². The number of hydrogen-bond acceptors (Lipinski definition) is 3. The van der Waals surface area contributed by atoms with E-state index in [9.17, 15) is 8.42 Å². The summed E-state index contributed by atoms with van der Waals surface area (Å²) >= 11 is 5.79. The smallest absolute Gasteiger partial charge is 0.154 e. The Morgan fingerprint density at radius 1 is 1.44 bits per heavy atom. The van der Waals surface area contributed by atoms with Gasteiger partial charge in [-0.2, -0.15) is 0 Å². The van der Waals surface area contributed by atoms with Gasteiger partial charge in [0, 0.05) is 11.1 Å². The molecule has 0 aromatic heterocycles. The molecule has 5 heteroatoms. The van der Waals surface area contributed by atoms with E-state index in [0.29, 0.717) is 11.4 Å². The Bertz CT molecular complexity index is 443. The number of benzene rings is 1. The lowest BCUT2D eigenvalue weighted by Gasteiger charge is -2.07. The van der Waals surface area contributed by atoms with Gasteiger partial charge in [0.25, 0.3) is 0 Å². The summed E-state index contributed by atoms with van der Waals surface area (Å²) < 4.78 is 23.4. The fourth-order valence-corrected chi connectivity index (χ4v) is 3.09. The number of nitrogens with two attached hydrogens (primary N) is 1. The first-order chi connectivity index (χ1) is 7.39. The first-order valence-corrected chi connectivity index (χ1v) is 7.29. The predicted octanol–water partition coefficient (Wildman–Crippen LogP) is 1.99. The van der Waals surface area contributed by atoms with Crippen molar-refractivity contribution in [3.05, 3.63) is 34.9 Å². The number of sulfone groups is 1. The minimum absolute atomic E-state index is 0.0281. The molecule has 1 aromatic rings. The molecule has 1 rings (SSSR count). The van der Waals surface area contributed by atoms with Crippen LogP contribution in [0.25, 0.3) is 0 Å². The maximum Gasteiger partial charge on any atom is 0.154 e. The van der Waals surface area contributed by atoms with Gasteiger partial charge in [0.1, 0.15) is 0 Å². The molecule has 1 unspecified atom stereocenters. The van der Waals surface area contributed by atoms with E-state index in [1.165, 1.54) is 0 Å². The van der Waals surface area contributed by atoms with Crippen molar-refractivity contribution in [2.75, 3.05) is 5.75 Å². The van der Waals surface area contributed by atoms with Crippen molar-refractivity contribution in [1.29, 1.82) is 0 Å². The summed E-state index contributed by atoms with van der Waals surface area (Å²) in [5.74, 6) is 0.150. The average molecular weight is 262 g/mol. The highest BCUT2D eigenvalue weighted by Crippen LogP contribution is 2.14. The monoisotopic (exact) mass is 261 g/mol. The highest BCUT2D eigenvalue weighted by atomic mass is 35.5. The van der Waals surface area contributed by atoms with E-state index in [0.717, 1.165) is 5.56 Å². The second-order valence-corrected chi connectivity index (χ2v) is 6.61. The van der Waals surface area contributed by atoms with Gasteiger partial charge in [-0.3, -0.25) is 0 Å². The fourth-order valence-electron chi connectivity index (χ4n) is 1.32. The van der Waals surface area contributed by atoms with Crippen LogP contribution in [-0.2, 0) is 15.6 Å². The van der Waals surface area contributed by atoms with Gasteiger partial charge in [-0.1, -0.05) is 23.7 Å². The molecule has 2 N–H and O–H groups in total. The van der Waals surface area contributed by atoms with Gasteiger partial charge in [0.15, 0.2) is 9.84 Å². The zero-order chi connectivity index (χ0) is 12.2. The SMILES string of the molecule is CC(N)CCS(=O)(=O)Cc1cccc(Cl)c1. The van der Waals surface area contributed by atoms with Crippen LogP contribution in [-0.4, -0.2) is 20.2 Å². The number of halogens is 1. The molecule has 0 spiro atoms. The Morgan fingerprint density at radius 2 is 2.12 bits per heavy atom.